The molecule has 15 heavy (non-hydrogen) atoms. The fourth-order valence-corrected chi connectivity index (χ4v) is 2.39. The molecule has 0 fully saturated rings. The minimum Gasteiger partial charge on any atom is -0.481 e. The van der Waals surface area contributed by atoms with Gasteiger partial charge < -0.3 is 5.11 Å². The van der Waals surface area contributed by atoms with E-state index in [1.54, 1.807) is 6.07 Å². The van der Waals surface area contributed by atoms with Gasteiger partial charge in [-0.25, -0.2) is 0 Å². The molecule has 1 aromatic rings. The first kappa shape index (κ1) is 12.7. The number of halogens is 2. The zero-order valence-corrected chi connectivity index (χ0v) is 10.2. The van der Waals surface area contributed by atoms with Gasteiger partial charge in [0.05, 0.1) is 16.5 Å². The van der Waals surface area contributed by atoms with Crippen molar-refractivity contribution in [1.29, 1.82) is 0 Å². The summed E-state index contributed by atoms with van der Waals surface area (Å²) in [7, 11) is 0. The van der Waals surface area contributed by atoms with Crippen molar-refractivity contribution in [3.8, 4) is 0 Å². The van der Waals surface area contributed by atoms with Gasteiger partial charge in [0.25, 0.3) is 0 Å². The average molecular weight is 265 g/mol. The topological polar surface area (TPSA) is 37.3 Å². The van der Waals surface area contributed by atoms with Gasteiger partial charge in [0, 0.05) is 11.5 Å². The summed E-state index contributed by atoms with van der Waals surface area (Å²) in [4.78, 5) is 10.3. The number of aliphatic carboxylic acids is 1. The predicted molar refractivity (Wildman–Crippen MR) is 64.9 cm³/mol. The summed E-state index contributed by atoms with van der Waals surface area (Å²) in [6.07, 6.45) is 0.169. The van der Waals surface area contributed by atoms with Crippen LogP contribution in [0.2, 0.25) is 10.0 Å². The Morgan fingerprint density at radius 2 is 2.13 bits per heavy atom. The number of benzene rings is 1. The normalized spacial score (nSPS) is 10.3. The third kappa shape index (κ3) is 4.33. The smallest absolute Gasteiger partial charge is 0.304 e. The first-order valence-electron chi connectivity index (χ1n) is 4.33. The summed E-state index contributed by atoms with van der Waals surface area (Å²) in [6.45, 7) is 0. The molecular formula is C10H10Cl2O2S. The van der Waals surface area contributed by atoms with E-state index in [0.29, 0.717) is 21.6 Å². The Morgan fingerprint density at radius 3 is 2.80 bits per heavy atom. The molecule has 0 radical (unpaired) electrons. The number of rotatable bonds is 5. The lowest BCUT2D eigenvalue weighted by Gasteiger charge is -2.04. The number of thioether (sulfide) groups is 1. The summed E-state index contributed by atoms with van der Waals surface area (Å²) in [5, 5.41) is 9.54. The third-order valence-electron chi connectivity index (χ3n) is 1.75. The zero-order chi connectivity index (χ0) is 11.3. The van der Waals surface area contributed by atoms with Gasteiger partial charge in [0.15, 0.2) is 0 Å². The Kier molecular flexibility index (Phi) is 5.29. The van der Waals surface area contributed by atoms with Gasteiger partial charge in [-0.1, -0.05) is 35.3 Å². The summed E-state index contributed by atoms with van der Waals surface area (Å²) >= 11 is 13.3. The molecule has 0 amide bonds. The van der Waals surface area contributed by atoms with Crippen molar-refractivity contribution in [2.24, 2.45) is 0 Å². The SMILES string of the molecule is O=C(O)CCSCc1cccc(Cl)c1Cl. The van der Waals surface area contributed by atoms with Gasteiger partial charge in [-0.15, -0.1) is 0 Å². The van der Waals surface area contributed by atoms with E-state index < -0.39 is 5.97 Å². The van der Waals surface area contributed by atoms with Crippen molar-refractivity contribution >= 4 is 40.9 Å². The molecule has 82 valence electrons. The van der Waals surface area contributed by atoms with Crippen molar-refractivity contribution < 1.29 is 9.90 Å². The molecule has 2 nitrogen and oxygen atoms in total. The quantitative estimate of drug-likeness (QED) is 0.825. The van der Waals surface area contributed by atoms with Crippen LogP contribution in [0.3, 0.4) is 0 Å². The van der Waals surface area contributed by atoms with E-state index in [1.165, 1.54) is 11.8 Å². The standard InChI is InChI=1S/C10H10Cl2O2S/c11-8-3-1-2-7(10(8)12)6-15-5-4-9(13)14/h1-3H,4-6H2,(H,13,14). The van der Waals surface area contributed by atoms with Crippen LogP contribution in [0, 0.1) is 0 Å². The molecular weight excluding hydrogens is 255 g/mol. The van der Waals surface area contributed by atoms with Crippen molar-refractivity contribution in [3.05, 3.63) is 33.8 Å². The fourth-order valence-electron chi connectivity index (χ4n) is 1.00. The lowest BCUT2D eigenvalue weighted by Crippen LogP contribution is -1.96. The monoisotopic (exact) mass is 264 g/mol. The highest BCUT2D eigenvalue weighted by Gasteiger charge is 2.04. The molecule has 1 rings (SSSR count). The van der Waals surface area contributed by atoms with Crippen molar-refractivity contribution in [2.75, 3.05) is 5.75 Å². The Morgan fingerprint density at radius 1 is 1.40 bits per heavy atom. The van der Waals surface area contributed by atoms with Crippen LogP contribution in [0.1, 0.15) is 12.0 Å². The second-order valence-electron chi connectivity index (χ2n) is 2.91. The van der Waals surface area contributed by atoms with Crippen molar-refractivity contribution in [2.45, 2.75) is 12.2 Å². The number of carboxylic acids is 1. The summed E-state index contributed by atoms with van der Waals surface area (Å²) in [5.41, 5.74) is 0.944. The van der Waals surface area contributed by atoms with Crippen LogP contribution in [-0.4, -0.2) is 16.8 Å². The molecule has 0 aliphatic heterocycles. The Hall–Kier alpha value is -0.380. The second-order valence-corrected chi connectivity index (χ2v) is 4.80. The maximum Gasteiger partial charge on any atom is 0.304 e. The van der Waals surface area contributed by atoms with Gasteiger partial charge in [-0.2, -0.15) is 11.8 Å². The molecule has 1 aromatic carbocycles. The molecule has 0 aromatic heterocycles. The zero-order valence-electron chi connectivity index (χ0n) is 7.87. The van der Waals surface area contributed by atoms with Crippen LogP contribution in [0.5, 0.6) is 0 Å². The maximum atomic E-state index is 10.3. The largest absolute Gasteiger partial charge is 0.481 e. The van der Waals surface area contributed by atoms with Gasteiger partial charge in [0.2, 0.25) is 0 Å². The first-order valence-corrected chi connectivity index (χ1v) is 6.24. The van der Waals surface area contributed by atoms with E-state index >= 15 is 0 Å². The minimum atomic E-state index is -0.778. The predicted octanol–water partition coefficient (Wildman–Crippen LogP) is 3.70. The van der Waals surface area contributed by atoms with Gasteiger partial charge in [-0.05, 0) is 11.6 Å². The minimum absolute atomic E-state index is 0.169. The highest BCUT2D eigenvalue weighted by atomic mass is 35.5. The summed E-state index contributed by atoms with van der Waals surface area (Å²) < 4.78 is 0. The van der Waals surface area contributed by atoms with E-state index in [-0.39, 0.29) is 6.42 Å². The van der Waals surface area contributed by atoms with Gasteiger partial charge in [-0.3, -0.25) is 4.79 Å². The van der Waals surface area contributed by atoms with Crippen LogP contribution >= 0.6 is 35.0 Å². The van der Waals surface area contributed by atoms with Crippen LogP contribution in [0.15, 0.2) is 18.2 Å². The summed E-state index contributed by atoms with van der Waals surface area (Å²) in [5.74, 6) is 0.491. The van der Waals surface area contributed by atoms with E-state index in [4.69, 9.17) is 28.3 Å². The van der Waals surface area contributed by atoms with Crippen LogP contribution in [-0.2, 0) is 10.5 Å². The number of carbonyl (C=O) groups is 1. The molecule has 5 heteroatoms. The lowest BCUT2D eigenvalue weighted by molar-refractivity contribution is -0.136. The fraction of sp³-hybridized carbons (Fsp3) is 0.300. The van der Waals surface area contributed by atoms with Gasteiger partial charge >= 0.3 is 5.97 Å². The molecule has 0 aliphatic rings. The number of hydrogen-bond acceptors (Lipinski definition) is 2. The van der Waals surface area contributed by atoms with E-state index in [9.17, 15) is 4.79 Å². The lowest BCUT2D eigenvalue weighted by atomic mass is 10.2. The van der Waals surface area contributed by atoms with Gasteiger partial charge in [0.1, 0.15) is 0 Å². The molecule has 0 aliphatic carbocycles. The van der Waals surface area contributed by atoms with Crippen LogP contribution in [0.4, 0.5) is 0 Å². The molecule has 0 heterocycles. The van der Waals surface area contributed by atoms with E-state index in [1.807, 2.05) is 12.1 Å². The van der Waals surface area contributed by atoms with E-state index in [2.05, 4.69) is 0 Å². The Balaban J connectivity index is 2.44. The molecule has 0 bridgehead atoms. The molecule has 0 saturated heterocycles. The second kappa shape index (κ2) is 6.26. The molecule has 0 saturated carbocycles. The van der Waals surface area contributed by atoms with Crippen LogP contribution < -0.4 is 0 Å². The highest BCUT2D eigenvalue weighted by molar-refractivity contribution is 7.98. The molecule has 0 atom stereocenters. The van der Waals surface area contributed by atoms with Crippen LogP contribution in [0.25, 0.3) is 0 Å². The van der Waals surface area contributed by atoms with Crippen molar-refractivity contribution in [1.82, 2.24) is 0 Å². The Bertz CT molecular complexity index is 355. The van der Waals surface area contributed by atoms with Crippen molar-refractivity contribution in [3.63, 3.8) is 0 Å². The summed E-state index contributed by atoms with van der Waals surface area (Å²) in [6, 6.07) is 5.46. The van der Waals surface area contributed by atoms with E-state index in [0.717, 1.165) is 5.56 Å². The highest BCUT2D eigenvalue weighted by Crippen LogP contribution is 2.28. The molecule has 0 spiro atoms. The molecule has 1 N–H and O–H groups in total. The third-order valence-corrected chi connectivity index (χ3v) is 3.62. The average Bonchev–Trinajstić information content (AvgIpc) is 2.18. The maximum absolute atomic E-state index is 10.3. The Labute approximate surface area is 103 Å². The first-order chi connectivity index (χ1) is 7.11. The number of hydrogen-bond donors (Lipinski definition) is 1. The molecule has 0 unspecified atom stereocenters. The number of carboxylic acid groups (broad SMARTS) is 1.